The number of aliphatic hydroxyl groups excluding tert-OH is 2. The standard InChI is InChI=1S/C70H126N2O4/c1-51(2)19-17-21-53(5)61-27-29-63-59-25-23-55-49-57(31-35-67(55,7)65(59)33-37-69(61,63)9)75-47-43-71(11,41-45-73)39-15-13-14-16-40-72(12,42-46-74)44-48-76-58-32-36-68(8)56(50-58)24-26-60-64-30-28-62(54(6)22-18-20-52(3)4)70(64,10)38-34-66(60)68/h23-24,51-54,57-66,73-74H,13-22,25-50H2,1-12H3/q+2/t53-,54-,57+,58+,59+,60+,61-,62-,63+,64+,65+,66+,67+,68+,69-,70-,71?,72?/m1/s1. The smallest absolute Gasteiger partial charge is 0.102 e. The summed E-state index contributed by atoms with van der Waals surface area (Å²) in [6, 6.07) is 0. The summed E-state index contributed by atoms with van der Waals surface area (Å²) in [4.78, 5) is 0. The van der Waals surface area contributed by atoms with Crippen molar-refractivity contribution in [3.05, 3.63) is 23.3 Å². The largest absolute Gasteiger partial charge is 0.391 e. The van der Waals surface area contributed by atoms with Gasteiger partial charge in [0.25, 0.3) is 0 Å². The number of unbranched alkanes of at least 4 members (excludes halogenated alkanes) is 3. The van der Waals surface area contributed by atoms with E-state index in [1.54, 1.807) is 11.1 Å². The van der Waals surface area contributed by atoms with Crippen LogP contribution >= 0.6 is 0 Å². The van der Waals surface area contributed by atoms with Crippen LogP contribution < -0.4 is 0 Å². The van der Waals surface area contributed by atoms with E-state index in [2.05, 4.69) is 95.5 Å². The molecule has 8 aliphatic carbocycles. The summed E-state index contributed by atoms with van der Waals surface area (Å²) in [5.74, 6) is 10.6. The van der Waals surface area contributed by atoms with Gasteiger partial charge in [0.15, 0.2) is 0 Å². The van der Waals surface area contributed by atoms with Crippen LogP contribution in [-0.2, 0) is 9.47 Å². The summed E-state index contributed by atoms with van der Waals surface area (Å²) in [6.07, 6.45) is 41.1. The van der Waals surface area contributed by atoms with Gasteiger partial charge >= 0.3 is 0 Å². The van der Waals surface area contributed by atoms with E-state index in [1.165, 1.54) is 154 Å². The molecule has 0 aromatic carbocycles. The van der Waals surface area contributed by atoms with Gasteiger partial charge in [0.05, 0.1) is 65.8 Å². The van der Waals surface area contributed by atoms with Gasteiger partial charge in [-0.1, -0.05) is 131 Å². The fourth-order valence-electron chi connectivity index (χ4n) is 21.0. The molecule has 0 amide bonds. The number of rotatable bonds is 29. The normalized spacial score (nSPS) is 39.4. The maximum absolute atomic E-state index is 10.2. The molecule has 2 unspecified atom stereocenters. The lowest BCUT2D eigenvalue weighted by Crippen LogP contribution is -2.51. The molecular formula is C70H126N2O4+2. The van der Waals surface area contributed by atoms with Crippen LogP contribution in [0.25, 0.3) is 0 Å². The van der Waals surface area contributed by atoms with E-state index >= 15 is 0 Å². The summed E-state index contributed by atoms with van der Waals surface area (Å²) in [5.41, 5.74) is 5.33. The second-order valence-electron chi connectivity index (χ2n) is 31.5. The molecule has 6 heteroatoms. The lowest BCUT2D eigenvalue weighted by molar-refractivity contribution is -0.911. The first kappa shape index (κ1) is 61.3. The Morgan fingerprint density at radius 2 is 0.882 bits per heavy atom. The van der Waals surface area contributed by atoms with Crippen molar-refractivity contribution in [1.29, 1.82) is 0 Å². The number of allylic oxidation sites excluding steroid dienone is 2. The van der Waals surface area contributed by atoms with Gasteiger partial charge in [-0.15, -0.1) is 0 Å². The Balaban J connectivity index is 0.726. The maximum atomic E-state index is 10.2. The van der Waals surface area contributed by atoms with E-state index in [4.69, 9.17) is 9.47 Å². The molecule has 0 aromatic heterocycles. The average Bonchev–Trinajstić information content (AvgIpc) is 3.96. The Hall–Kier alpha value is -0.760. The van der Waals surface area contributed by atoms with Gasteiger partial charge in [-0.2, -0.15) is 0 Å². The van der Waals surface area contributed by atoms with Crippen LogP contribution in [0.15, 0.2) is 23.3 Å². The van der Waals surface area contributed by atoms with Crippen LogP contribution in [0.2, 0.25) is 0 Å². The third-order valence-electron chi connectivity index (χ3n) is 25.9. The monoisotopic (exact) mass is 1060 g/mol. The molecule has 0 saturated heterocycles. The van der Waals surface area contributed by atoms with Crippen molar-refractivity contribution in [3.63, 3.8) is 0 Å². The summed E-state index contributed by atoms with van der Waals surface area (Å²) in [5, 5.41) is 20.4. The summed E-state index contributed by atoms with van der Waals surface area (Å²) in [7, 11) is 4.71. The Labute approximate surface area is 470 Å². The van der Waals surface area contributed by atoms with Crippen LogP contribution in [-0.4, -0.2) is 111 Å². The SMILES string of the molecule is CC(C)CCC[C@@H](C)[C@H]1CC[C@H]2[C@@H]3CC=C4C[C@@H](OCC[N+](C)(CCO)CCCCCC[N+](C)(CCO)CCO[C@H]5CC[C@@]6(C)C(=CC[C@H]7[C@@H]8CC[C@H]([C@H](C)CCCC(C)C)[C@@]8(C)CC[C@@H]76)C5)CC[C@]4(C)[C@H]3CC[C@]12C. The molecule has 0 spiro atoms. The zero-order valence-electron chi connectivity index (χ0n) is 52.3. The number of likely N-dealkylation sites (N-methyl/N-ethyl adjacent to an activating group) is 2. The zero-order chi connectivity index (χ0) is 54.5. The zero-order valence-corrected chi connectivity index (χ0v) is 52.3. The van der Waals surface area contributed by atoms with Crippen LogP contribution in [0.5, 0.6) is 0 Å². The van der Waals surface area contributed by atoms with Gasteiger partial charge < -0.3 is 28.7 Å². The highest BCUT2D eigenvalue weighted by molar-refractivity contribution is 5.27. The Morgan fingerprint density at radius 1 is 0.474 bits per heavy atom. The Morgan fingerprint density at radius 3 is 1.26 bits per heavy atom. The molecule has 76 heavy (non-hydrogen) atoms. The van der Waals surface area contributed by atoms with Gasteiger partial charge in [0.2, 0.25) is 0 Å². The first-order chi connectivity index (χ1) is 36.2. The number of hydrogen-bond acceptors (Lipinski definition) is 4. The predicted octanol–water partition coefficient (Wildman–Crippen LogP) is 16.3. The molecule has 6 nitrogen and oxygen atoms in total. The van der Waals surface area contributed by atoms with Gasteiger partial charge in [-0.3, -0.25) is 0 Å². The number of aliphatic hydroxyl groups is 2. The van der Waals surface area contributed by atoms with E-state index in [1.807, 2.05) is 0 Å². The molecule has 0 heterocycles. The number of fused-ring (bicyclic) bond motifs is 10. The van der Waals surface area contributed by atoms with E-state index in [0.29, 0.717) is 33.9 Å². The summed E-state index contributed by atoms with van der Waals surface area (Å²) < 4.78 is 15.4. The molecule has 8 aliphatic rings. The van der Waals surface area contributed by atoms with Crippen molar-refractivity contribution in [2.75, 3.05) is 79.8 Å². The number of nitrogens with zero attached hydrogens (tertiary/aromatic N) is 2. The van der Waals surface area contributed by atoms with Crippen molar-refractivity contribution in [1.82, 2.24) is 0 Å². The highest BCUT2D eigenvalue weighted by Crippen LogP contribution is 2.69. The Kier molecular flexibility index (Phi) is 21.2. The number of hydrogen-bond donors (Lipinski definition) is 2. The fourth-order valence-corrected chi connectivity index (χ4v) is 21.0. The van der Waals surface area contributed by atoms with Gasteiger partial charge in [0, 0.05) is 0 Å². The van der Waals surface area contributed by atoms with Crippen LogP contribution in [0.4, 0.5) is 0 Å². The van der Waals surface area contributed by atoms with Crippen LogP contribution in [0.3, 0.4) is 0 Å². The fraction of sp³-hybridized carbons (Fsp3) is 0.943. The molecule has 438 valence electrons. The van der Waals surface area contributed by atoms with Gasteiger partial charge in [-0.05, 0) is 221 Å². The minimum absolute atomic E-state index is 0.238. The van der Waals surface area contributed by atoms with Crippen LogP contribution in [0.1, 0.15) is 236 Å². The topological polar surface area (TPSA) is 58.9 Å². The highest BCUT2D eigenvalue weighted by Gasteiger charge is 2.61. The average molecular weight is 1060 g/mol. The van der Waals surface area contributed by atoms with E-state index < -0.39 is 0 Å². The molecule has 2 N–H and O–H groups in total. The number of quaternary nitrogens is 2. The second-order valence-corrected chi connectivity index (χ2v) is 31.5. The molecule has 6 fully saturated rings. The third-order valence-corrected chi connectivity index (χ3v) is 25.9. The molecule has 8 rings (SSSR count). The predicted molar refractivity (Wildman–Crippen MR) is 320 cm³/mol. The highest BCUT2D eigenvalue weighted by atomic mass is 16.5. The summed E-state index contributed by atoms with van der Waals surface area (Å²) >= 11 is 0. The second kappa shape index (κ2) is 26.2. The quantitative estimate of drug-likeness (QED) is 0.0445. The van der Waals surface area contributed by atoms with Gasteiger partial charge in [0.1, 0.15) is 26.2 Å². The molecule has 0 aliphatic heterocycles. The minimum atomic E-state index is 0.238. The molecule has 18 atom stereocenters. The molecule has 0 bridgehead atoms. The van der Waals surface area contributed by atoms with E-state index in [-0.39, 0.29) is 13.2 Å². The first-order valence-electron chi connectivity index (χ1n) is 33.7. The molecular weight excluding hydrogens is 933 g/mol. The lowest BCUT2D eigenvalue weighted by atomic mass is 9.47. The van der Waals surface area contributed by atoms with Crippen molar-refractivity contribution in [2.24, 2.45) is 92.7 Å². The molecule has 6 saturated carbocycles. The Bertz CT molecular complexity index is 1750. The van der Waals surface area contributed by atoms with Crippen LogP contribution in [0, 0.1) is 92.7 Å². The first-order valence-corrected chi connectivity index (χ1v) is 33.7. The minimum Gasteiger partial charge on any atom is -0.391 e. The van der Waals surface area contributed by atoms with Gasteiger partial charge in [-0.25, -0.2) is 0 Å². The number of ether oxygens (including phenoxy) is 2. The summed E-state index contributed by atoms with van der Waals surface area (Å²) in [6.45, 7) is 33.4. The van der Waals surface area contributed by atoms with Crippen molar-refractivity contribution in [3.8, 4) is 0 Å². The van der Waals surface area contributed by atoms with Crippen molar-refractivity contribution in [2.45, 2.75) is 248 Å². The molecule has 0 radical (unpaired) electrons. The van der Waals surface area contributed by atoms with E-state index in [0.717, 1.165) is 145 Å². The van der Waals surface area contributed by atoms with Crippen molar-refractivity contribution < 1.29 is 28.7 Å². The maximum Gasteiger partial charge on any atom is 0.102 e. The van der Waals surface area contributed by atoms with E-state index in [9.17, 15) is 10.2 Å². The third kappa shape index (κ3) is 13.5. The molecule has 0 aromatic rings. The van der Waals surface area contributed by atoms with Crippen molar-refractivity contribution >= 4 is 0 Å². The lowest BCUT2D eigenvalue weighted by Gasteiger charge is -2.58.